The Morgan fingerprint density at radius 1 is 0.760 bits per heavy atom. The molecule has 3 aromatic rings. The fourth-order valence-electron chi connectivity index (χ4n) is 11.6. The Hall–Kier alpha value is -1.53. The van der Waals surface area contributed by atoms with Crippen molar-refractivity contribution in [3.8, 4) is 11.1 Å². The van der Waals surface area contributed by atoms with Crippen LogP contribution < -0.4 is 28.1 Å². The van der Waals surface area contributed by atoms with E-state index in [2.05, 4.69) is 134 Å². The minimum atomic E-state index is -2.62. The van der Waals surface area contributed by atoms with E-state index >= 15 is 0 Å². The quantitative estimate of drug-likeness (QED) is 0.257. The second kappa shape index (κ2) is 13.4. The zero-order valence-corrected chi connectivity index (χ0v) is 36.2. The molecule has 0 spiro atoms. The van der Waals surface area contributed by atoms with Gasteiger partial charge in [-0.2, -0.15) is 0 Å². The van der Waals surface area contributed by atoms with Gasteiger partial charge < -0.3 is 24.8 Å². The summed E-state index contributed by atoms with van der Waals surface area (Å²) in [6.45, 7) is 24.5. The van der Waals surface area contributed by atoms with Crippen molar-refractivity contribution in [2.24, 2.45) is 35.0 Å². The van der Waals surface area contributed by atoms with Crippen molar-refractivity contribution in [2.45, 2.75) is 119 Å². The topological polar surface area (TPSA) is 0 Å². The van der Waals surface area contributed by atoms with Crippen LogP contribution in [0.2, 0.25) is 0 Å². The molecule has 9 rings (SSSR count). The van der Waals surface area contributed by atoms with Crippen LogP contribution in [0.4, 0.5) is 0 Å². The first-order chi connectivity index (χ1) is 22.6. The summed E-state index contributed by atoms with van der Waals surface area (Å²) in [5.41, 5.74) is 16.0. The maximum absolute atomic E-state index is 2.83. The predicted octanol–water partition coefficient (Wildman–Crippen LogP) is 5.49. The first kappa shape index (κ1) is 38.2. The fourth-order valence-corrected chi connectivity index (χ4v) is 19.2. The van der Waals surface area contributed by atoms with Gasteiger partial charge in [-0.15, -0.1) is 0 Å². The van der Waals surface area contributed by atoms with Gasteiger partial charge >= 0.3 is 301 Å². The van der Waals surface area contributed by atoms with Gasteiger partial charge in [-0.05, 0) is 0 Å². The molecule has 1 atom stereocenters. The van der Waals surface area contributed by atoms with Gasteiger partial charge in [-0.1, -0.05) is 0 Å². The molecule has 0 N–H and O–H groups in total. The van der Waals surface area contributed by atoms with Gasteiger partial charge in [-0.3, -0.25) is 0 Å². The third-order valence-corrected chi connectivity index (χ3v) is 21.3. The SMILES string of the molecule is Cc1cc2c(cc1C(C)(C)C)-c1cc(C(C)(C)C)c(C)[c](/[Zr+2](=[CH]\c3ccccc3)[C]3=CC(C4(C)C5CC6CC(C5)CC4C6)=CC3C)c1C2.[Cl-].[Cl-]. The van der Waals surface area contributed by atoms with Crippen LogP contribution in [0.3, 0.4) is 0 Å². The van der Waals surface area contributed by atoms with Gasteiger partial charge in [0.1, 0.15) is 0 Å². The van der Waals surface area contributed by atoms with Crippen molar-refractivity contribution in [1.29, 1.82) is 0 Å². The third-order valence-electron chi connectivity index (χ3n) is 13.8. The van der Waals surface area contributed by atoms with Crippen LogP contribution in [-0.2, 0) is 38.5 Å². The van der Waals surface area contributed by atoms with Crippen LogP contribution in [-0.4, -0.2) is 3.71 Å². The van der Waals surface area contributed by atoms with Crippen LogP contribution in [0.15, 0.2) is 69.5 Å². The molecule has 0 heterocycles. The fraction of sp³-hybridized carbons (Fsp3) is 0.511. The average molecular weight is 785 g/mol. The van der Waals surface area contributed by atoms with Gasteiger partial charge in [0.15, 0.2) is 0 Å². The molecule has 6 aliphatic carbocycles. The van der Waals surface area contributed by atoms with Gasteiger partial charge in [0.05, 0.1) is 0 Å². The molecule has 3 heteroatoms. The average Bonchev–Trinajstić information content (AvgIpc) is 3.57. The number of rotatable bonds is 4. The first-order valence-electron chi connectivity index (χ1n) is 19.2. The Bertz CT molecular complexity index is 1880. The number of halogens is 2. The first-order valence-corrected chi connectivity index (χ1v) is 23.0. The number of hydrogen-bond donors (Lipinski definition) is 0. The Balaban J connectivity index is 0.00000216. The summed E-state index contributed by atoms with van der Waals surface area (Å²) in [5, 5.41) is 0. The molecule has 6 aliphatic rings. The molecule has 1 unspecified atom stereocenters. The molecule has 0 nitrogen and oxygen atoms in total. The van der Waals surface area contributed by atoms with Crippen LogP contribution >= 0.6 is 0 Å². The van der Waals surface area contributed by atoms with Crippen molar-refractivity contribution in [2.75, 3.05) is 0 Å². The molecule has 0 aliphatic heterocycles. The molecular weight excluding hydrogens is 727 g/mol. The largest absolute Gasteiger partial charge is 1.00 e. The summed E-state index contributed by atoms with van der Waals surface area (Å²) >= 11 is -2.62. The summed E-state index contributed by atoms with van der Waals surface area (Å²) in [4.78, 5) is 0. The summed E-state index contributed by atoms with van der Waals surface area (Å²) in [5.74, 6) is 4.32. The Morgan fingerprint density at radius 2 is 1.34 bits per heavy atom. The Labute approximate surface area is 324 Å². The second-order valence-electron chi connectivity index (χ2n) is 19.0. The minimum absolute atomic E-state index is 0. The molecule has 50 heavy (non-hydrogen) atoms. The van der Waals surface area contributed by atoms with E-state index in [0.717, 1.165) is 30.1 Å². The van der Waals surface area contributed by atoms with Crippen molar-refractivity contribution in [3.63, 3.8) is 0 Å². The van der Waals surface area contributed by atoms with Crippen LogP contribution in [0.1, 0.15) is 126 Å². The Morgan fingerprint density at radius 3 is 1.92 bits per heavy atom. The van der Waals surface area contributed by atoms with Gasteiger partial charge in [-0.25, -0.2) is 0 Å². The molecule has 0 amide bonds. The number of hydrogen-bond acceptors (Lipinski definition) is 0. The normalized spacial score (nSPS) is 27.7. The van der Waals surface area contributed by atoms with Crippen molar-refractivity contribution < 1.29 is 46.1 Å². The molecule has 4 bridgehead atoms. The zero-order valence-electron chi connectivity index (χ0n) is 32.2. The van der Waals surface area contributed by atoms with E-state index in [9.17, 15) is 0 Å². The van der Waals surface area contributed by atoms with Crippen molar-refractivity contribution in [1.82, 2.24) is 0 Å². The maximum atomic E-state index is 2.83. The van der Waals surface area contributed by atoms with E-state index in [-0.39, 0.29) is 35.6 Å². The van der Waals surface area contributed by atoms with E-state index in [1.54, 1.807) is 25.5 Å². The van der Waals surface area contributed by atoms with E-state index in [0.29, 0.717) is 11.3 Å². The van der Waals surface area contributed by atoms with E-state index in [1.165, 1.54) is 65.5 Å². The monoisotopic (exact) mass is 782 g/mol. The minimum Gasteiger partial charge on any atom is -1.00 e. The van der Waals surface area contributed by atoms with Crippen molar-refractivity contribution >= 4 is 6.98 Å². The Kier molecular flexibility index (Phi) is 10.2. The third kappa shape index (κ3) is 6.20. The predicted molar refractivity (Wildman–Crippen MR) is 203 cm³/mol. The number of benzene rings is 3. The molecule has 0 radical (unpaired) electrons. The maximum Gasteiger partial charge on any atom is -1.00 e. The molecule has 4 saturated carbocycles. The van der Waals surface area contributed by atoms with Gasteiger partial charge in [0, 0.05) is 0 Å². The number of fused-ring (bicyclic) bond motifs is 3. The summed E-state index contributed by atoms with van der Waals surface area (Å²) in [6.07, 6.45) is 14.1. The molecule has 0 saturated heterocycles. The van der Waals surface area contributed by atoms with Gasteiger partial charge in [0.25, 0.3) is 0 Å². The smallest absolute Gasteiger partial charge is 1.00 e. The van der Waals surface area contributed by atoms with E-state index in [4.69, 9.17) is 0 Å². The number of aryl methyl sites for hydroxylation is 1. The molecule has 3 aromatic carbocycles. The standard InChI is InChI=1S/C23H29.C17H23.C7H6.2ClH.Zr/c1-14-9-16-11-17-10-15(2)21(23(6,7)8)13-19(17)18(16)12-20(14)22(3,4)5;1-11-3-4-14(5-11)17(2)15-7-12-6-13(9-15)10-16(17)8-12;1-7-5-3-2-4-6-7;;;/h9,12-13H,11H2,1-8H3;4-5,11-13,15-16H,6-10H2,1-2H3;1-6H;2*1H;/q;;;;;+2/p-2. The summed E-state index contributed by atoms with van der Waals surface area (Å²) in [7, 11) is 0. The zero-order chi connectivity index (χ0) is 33.9. The molecule has 0 aromatic heterocycles. The number of allylic oxidation sites excluding steroid dienone is 4. The molecule has 264 valence electrons. The molecular formula is C47H58Cl2Zr. The molecule has 4 fully saturated rings. The second-order valence-corrected chi connectivity index (χ2v) is 24.4. The van der Waals surface area contributed by atoms with E-state index < -0.39 is 21.3 Å². The summed E-state index contributed by atoms with van der Waals surface area (Å²) in [6, 6.07) is 19.1. The van der Waals surface area contributed by atoms with Crippen LogP contribution in [0.5, 0.6) is 0 Å². The summed E-state index contributed by atoms with van der Waals surface area (Å²) < 4.78 is 6.41. The van der Waals surface area contributed by atoms with Gasteiger partial charge in [0.2, 0.25) is 0 Å². The van der Waals surface area contributed by atoms with Crippen LogP contribution in [0, 0.1) is 48.9 Å². The van der Waals surface area contributed by atoms with E-state index in [1.807, 2.05) is 3.28 Å². The van der Waals surface area contributed by atoms with Crippen LogP contribution in [0.25, 0.3) is 11.1 Å². The van der Waals surface area contributed by atoms with Crippen molar-refractivity contribution in [3.05, 3.63) is 108 Å².